The summed E-state index contributed by atoms with van der Waals surface area (Å²) in [6.45, 7) is 4.12. The third kappa shape index (κ3) is 3.72. The normalized spacial score (nSPS) is 12.0. The van der Waals surface area contributed by atoms with Crippen molar-refractivity contribution in [3.05, 3.63) is 34.2 Å². The van der Waals surface area contributed by atoms with E-state index in [1.54, 1.807) is 6.92 Å². The SMILES string of the molecule is CCS(=O)(=O)N(c1cc(-c2nn(C)c(C#N)c2C)c(F)cc1Cl)S(=O)(=O)CC. The topological polar surface area (TPSA) is 113 Å². The Hall–Kier alpha value is -2.16. The maximum atomic E-state index is 14.6. The molecule has 0 aliphatic heterocycles. The number of hydrogen-bond acceptors (Lipinski definition) is 6. The molecule has 0 amide bonds. The molecule has 152 valence electrons. The molecule has 0 fully saturated rings. The average molecular weight is 449 g/mol. The molecule has 1 heterocycles. The molecule has 0 atom stereocenters. The van der Waals surface area contributed by atoms with E-state index in [4.69, 9.17) is 11.6 Å². The number of nitriles is 1. The summed E-state index contributed by atoms with van der Waals surface area (Å²) in [5, 5.41) is 12.9. The van der Waals surface area contributed by atoms with Crippen molar-refractivity contribution in [3.63, 3.8) is 0 Å². The number of rotatable bonds is 6. The largest absolute Gasteiger partial charge is 0.257 e. The smallest absolute Gasteiger partial charge is 0.248 e. The van der Waals surface area contributed by atoms with Crippen LogP contribution in [0.15, 0.2) is 12.1 Å². The van der Waals surface area contributed by atoms with Crippen molar-refractivity contribution in [2.45, 2.75) is 20.8 Å². The molecule has 0 aliphatic rings. The minimum atomic E-state index is -4.27. The molecule has 0 saturated heterocycles. The molecule has 0 spiro atoms. The summed E-state index contributed by atoms with van der Waals surface area (Å²) in [4.78, 5) is 0. The molecule has 1 aromatic heterocycles. The van der Waals surface area contributed by atoms with Crippen LogP contribution in [0.1, 0.15) is 25.1 Å². The summed E-state index contributed by atoms with van der Waals surface area (Å²) < 4.78 is 66.1. The lowest BCUT2D eigenvalue weighted by molar-refractivity contribution is 0.585. The lowest BCUT2D eigenvalue weighted by Gasteiger charge is -2.24. The van der Waals surface area contributed by atoms with Crippen LogP contribution in [0.2, 0.25) is 5.02 Å². The van der Waals surface area contributed by atoms with Gasteiger partial charge in [0.1, 0.15) is 17.6 Å². The van der Waals surface area contributed by atoms with E-state index >= 15 is 0 Å². The van der Waals surface area contributed by atoms with E-state index < -0.39 is 43.1 Å². The molecule has 8 nitrogen and oxygen atoms in total. The first-order valence-electron chi connectivity index (χ1n) is 8.10. The van der Waals surface area contributed by atoms with Gasteiger partial charge in [-0.25, -0.2) is 21.2 Å². The molecule has 0 N–H and O–H groups in total. The summed E-state index contributed by atoms with van der Waals surface area (Å²) in [5.74, 6) is -1.84. The second-order valence-electron chi connectivity index (χ2n) is 5.84. The summed E-state index contributed by atoms with van der Waals surface area (Å²) in [6.07, 6.45) is 0. The van der Waals surface area contributed by atoms with Gasteiger partial charge in [0.2, 0.25) is 20.0 Å². The van der Waals surface area contributed by atoms with Crippen molar-refractivity contribution >= 4 is 37.3 Å². The first-order chi connectivity index (χ1) is 12.9. The Morgan fingerprint density at radius 1 is 1.21 bits per heavy atom. The van der Waals surface area contributed by atoms with Crippen LogP contribution in [0.25, 0.3) is 11.3 Å². The van der Waals surface area contributed by atoms with E-state index in [2.05, 4.69) is 5.10 Å². The fourth-order valence-corrected chi connectivity index (χ4v) is 6.33. The minimum absolute atomic E-state index is 0.0807. The van der Waals surface area contributed by atoms with Crippen molar-refractivity contribution < 1.29 is 21.2 Å². The summed E-state index contributed by atoms with van der Waals surface area (Å²) in [6, 6.07) is 3.79. The van der Waals surface area contributed by atoms with Crippen LogP contribution < -0.4 is 3.71 Å². The maximum Gasteiger partial charge on any atom is 0.248 e. The summed E-state index contributed by atoms with van der Waals surface area (Å²) in [5.41, 5.74) is 0.0599. The zero-order valence-corrected chi connectivity index (χ0v) is 18.0. The van der Waals surface area contributed by atoms with Crippen LogP contribution in [0.4, 0.5) is 10.1 Å². The highest BCUT2D eigenvalue weighted by Crippen LogP contribution is 2.37. The van der Waals surface area contributed by atoms with Gasteiger partial charge in [0.15, 0.2) is 0 Å². The molecule has 0 unspecified atom stereocenters. The van der Waals surface area contributed by atoms with Crippen LogP contribution in [-0.4, -0.2) is 38.1 Å². The van der Waals surface area contributed by atoms with E-state index in [1.165, 1.54) is 25.6 Å². The highest BCUT2D eigenvalue weighted by atomic mass is 35.5. The van der Waals surface area contributed by atoms with Crippen molar-refractivity contribution in [2.75, 3.05) is 15.2 Å². The highest BCUT2D eigenvalue weighted by Gasteiger charge is 2.34. The monoisotopic (exact) mass is 448 g/mol. The zero-order valence-electron chi connectivity index (χ0n) is 15.6. The molecule has 0 radical (unpaired) electrons. The van der Waals surface area contributed by atoms with Crippen LogP contribution in [-0.2, 0) is 27.1 Å². The number of nitrogens with zero attached hydrogens (tertiary/aromatic N) is 4. The fraction of sp³-hybridized carbons (Fsp3) is 0.375. The fourth-order valence-electron chi connectivity index (χ4n) is 2.61. The van der Waals surface area contributed by atoms with Crippen LogP contribution in [0, 0.1) is 24.1 Å². The number of aryl methyl sites for hydroxylation is 1. The quantitative estimate of drug-likeness (QED) is 0.671. The van der Waals surface area contributed by atoms with Gasteiger partial charge in [0, 0.05) is 18.2 Å². The number of halogens is 2. The van der Waals surface area contributed by atoms with E-state index in [-0.39, 0.29) is 25.7 Å². The van der Waals surface area contributed by atoms with Gasteiger partial charge >= 0.3 is 0 Å². The van der Waals surface area contributed by atoms with Gasteiger partial charge in [-0.3, -0.25) is 4.68 Å². The Morgan fingerprint density at radius 2 is 1.75 bits per heavy atom. The van der Waals surface area contributed by atoms with Gasteiger partial charge < -0.3 is 0 Å². The minimum Gasteiger partial charge on any atom is -0.257 e. The van der Waals surface area contributed by atoms with Crippen molar-refractivity contribution in [1.29, 1.82) is 5.26 Å². The molecule has 0 bridgehead atoms. The molecule has 0 aliphatic carbocycles. The zero-order chi connectivity index (χ0) is 21.4. The van der Waals surface area contributed by atoms with Crippen molar-refractivity contribution in [2.24, 2.45) is 7.05 Å². The van der Waals surface area contributed by atoms with E-state index in [1.807, 2.05) is 6.07 Å². The molecule has 0 saturated carbocycles. The lowest BCUT2D eigenvalue weighted by atomic mass is 10.1. The van der Waals surface area contributed by atoms with Gasteiger partial charge in [0.25, 0.3) is 0 Å². The number of benzene rings is 1. The summed E-state index contributed by atoms with van der Waals surface area (Å²) >= 11 is 6.02. The molecule has 2 aromatic rings. The van der Waals surface area contributed by atoms with Gasteiger partial charge in [-0.2, -0.15) is 14.1 Å². The molecular weight excluding hydrogens is 431 g/mol. The molecule has 28 heavy (non-hydrogen) atoms. The van der Waals surface area contributed by atoms with Crippen molar-refractivity contribution in [3.8, 4) is 17.3 Å². The molecule has 1 aromatic carbocycles. The standard InChI is InChI=1S/C16H18ClFN4O4S2/c1-5-27(23,24)22(28(25,26)6-2)14-7-11(13(18)8-12(14)17)16-10(3)15(9-19)21(4)20-16/h7-8H,5-6H2,1-4H3. The highest BCUT2D eigenvalue weighted by molar-refractivity contribution is 8.10. The van der Waals surface area contributed by atoms with E-state index in [0.717, 1.165) is 12.1 Å². The first kappa shape index (κ1) is 22.1. The third-order valence-electron chi connectivity index (χ3n) is 4.11. The Bertz CT molecular complexity index is 1150. The maximum absolute atomic E-state index is 14.6. The van der Waals surface area contributed by atoms with Gasteiger partial charge in [-0.05, 0) is 32.9 Å². The van der Waals surface area contributed by atoms with Gasteiger partial charge in [-0.15, -0.1) is 0 Å². The number of hydrogen-bond donors (Lipinski definition) is 0. The Balaban J connectivity index is 2.88. The molecule has 2 rings (SSSR count). The first-order valence-corrected chi connectivity index (χ1v) is 11.7. The number of sulfonamides is 2. The number of anilines is 1. The summed E-state index contributed by atoms with van der Waals surface area (Å²) in [7, 11) is -7.05. The predicted octanol–water partition coefficient (Wildman–Crippen LogP) is 2.57. The number of aromatic nitrogens is 2. The predicted molar refractivity (Wildman–Crippen MR) is 104 cm³/mol. The van der Waals surface area contributed by atoms with Crippen molar-refractivity contribution in [1.82, 2.24) is 9.78 Å². The van der Waals surface area contributed by atoms with E-state index in [9.17, 15) is 26.5 Å². The second-order valence-corrected chi connectivity index (χ2v) is 10.7. The molecule has 12 heteroatoms. The van der Waals surface area contributed by atoms with Crippen LogP contribution in [0.3, 0.4) is 0 Å². The second kappa shape index (κ2) is 7.69. The van der Waals surface area contributed by atoms with Gasteiger partial charge in [0.05, 0.1) is 27.9 Å². The average Bonchev–Trinajstić information content (AvgIpc) is 2.90. The van der Waals surface area contributed by atoms with Gasteiger partial charge in [-0.1, -0.05) is 11.6 Å². The Labute approximate surface area is 168 Å². The lowest BCUT2D eigenvalue weighted by Crippen LogP contribution is -2.39. The van der Waals surface area contributed by atoms with Crippen LogP contribution >= 0.6 is 11.6 Å². The third-order valence-corrected chi connectivity index (χ3v) is 8.64. The van der Waals surface area contributed by atoms with E-state index in [0.29, 0.717) is 5.56 Å². The Kier molecular flexibility index (Phi) is 6.08. The molecular formula is C16H18ClFN4O4S2. The van der Waals surface area contributed by atoms with Crippen LogP contribution in [0.5, 0.6) is 0 Å². The Morgan fingerprint density at radius 3 is 2.18 bits per heavy atom.